The summed E-state index contributed by atoms with van der Waals surface area (Å²) < 4.78 is 2.36. The Labute approximate surface area is 109 Å². The molecule has 0 spiro atoms. The molecule has 1 aromatic heterocycles. The maximum atomic E-state index is 5.68. The van der Waals surface area contributed by atoms with Gasteiger partial charge in [-0.15, -0.1) is 0 Å². The summed E-state index contributed by atoms with van der Waals surface area (Å²) in [6.45, 7) is 6.22. The molecule has 3 nitrogen and oxygen atoms in total. The summed E-state index contributed by atoms with van der Waals surface area (Å²) >= 11 is 0. The molecule has 2 N–H and O–H groups in total. The number of fused-ring (bicyclic) bond motifs is 1. The molecule has 2 rings (SSSR count). The fourth-order valence-corrected chi connectivity index (χ4v) is 2.28. The van der Waals surface area contributed by atoms with Gasteiger partial charge in [-0.2, -0.15) is 0 Å². The van der Waals surface area contributed by atoms with Crippen molar-refractivity contribution in [1.29, 1.82) is 0 Å². The Morgan fingerprint density at radius 2 is 2.11 bits per heavy atom. The van der Waals surface area contributed by atoms with Crippen molar-refractivity contribution in [2.24, 2.45) is 11.7 Å². The minimum absolute atomic E-state index is 0.569. The van der Waals surface area contributed by atoms with Crippen molar-refractivity contribution in [1.82, 2.24) is 9.55 Å². The number of aryl methyl sites for hydroxylation is 2. The summed E-state index contributed by atoms with van der Waals surface area (Å²) in [6.07, 6.45) is 3.27. The highest BCUT2D eigenvalue weighted by atomic mass is 15.1. The predicted octanol–water partition coefficient (Wildman–Crippen LogP) is 2.97. The van der Waals surface area contributed by atoms with Crippen LogP contribution in [-0.4, -0.2) is 16.1 Å². The maximum Gasteiger partial charge on any atom is 0.109 e. The van der Waals surface area contributed by atoms with Crippen LogP contribution in [0.5, 0.6) is 0 Å². The molecule has 1 atom stereocenters. The Morgan fingerprint density at radius 3 is 2.83 bits per heavy atom. The zero-order chi connectivity index (χ0) is 13.0. The Bertz CT molecular complexity index is 501. The highest BCUT2D eigenvalue weighted by Crippen LogP contribution is 2.18. The second-order valence-corrected chi connectivity index (χ2v) is 5.05. The van der Waals surface area contributed by atoms with Crippen LogP contribution in [0.15, 0.2) is 24.3 Å². The minimum atomic E-state index is 0.569. The number of hydrogen-bond donors (Lipinski definition) is 1. The van der Waals surface area contributed by atoms with E-state index in [0.717, 1.165) is 37.9 Å². The molecule has 0 saturated carbocycles. The Hall–Kier alpha value is -1.35. The van der Waals surface area contributed by atoms with Gasteiger partial charge < -0.3 is 10.3 Å². The highest BCUT2D eigenvalue weighted by molar-refractivity contribution is 5.75. The van der Waals surface area contributed by atoms with Crippen LogP contribution in [0.4, 0.5) is 0 Å². The molecule has 0 bridgehead atoms. The van der Waals surface area contributed by atoms with Gasteiger partial charge in [-0.3, -0.25) is 0 Å². The first-order valence-corrected chi connectivity index (χ1v) is 6.90. The van der Waals surface area contributed by atoms with Crippen molar-refractivity contribution in [2.45, 2.75) is 39.7 Å². The lowest BCUT2D eigenvalue weighted by molar-refractivity contribution is 0.523. The predicted molar refractivity (Wildman–Crippen MR) is 76.6 cm³/mol. The third kappa shape index (κ3) is 2.72. The molecular weight excluding hydrogens is 222 g/mol. The van der Waals surface area contributed by atoms with Crippen LogP contribution in [0.25, 0.3) is 11.0 Å². The molecule has 0 saturated heterocycles. The molecular formula is C15H23N3. The second kappa shape index (κ2) is 6.01. The van der Waals surface area contributed by atoms with Gasteiger partial charge in [0.05, 0.1) is 11.0 Å². The van der Waals surface area contributed by atoms with E-state index < -0.39 is 0 Å². The van der Waals surface area contributed by atoms with Crippen molar-refractivity contribution in [2.75, 3.05) is 6.54 Å². The second-order valence-electron chi connectivity index (χ2n) is 5.05. The smallest absolute Gasteiger partial charge is 0.109 e. The molecule has 0 aliphatic rings. The van der Waals surface area contributed by atoms with Crippen molar-refractivity contribution in [3.8, 4) is 0 Å². The van der Waals surface area contributed by atoms with Crippen LogP contribution >= 0.6 is 0 Å². The summed E-state index contributed by atoms with van der Waals surface area (Å²) in [5, 5.41) is 0. The minimum Gasteiger partial charge on any atom is -0.330 e. The average molecular weight is 245 g/mol. The Kier molecular flexibility index (Phi) is 4.37. The molecule has 1 unspecified atom stereocenters. The van der Waals surface area contributed by atoms with E-state index >= 15 is 0 Å². The Morgan fingerprint density at radius 1 is 1.33 bits per heavy atom. The van der Waals surface area contributed by atoms with E-state index in [0.29, 0.717) is 5.92 Å². The number of benzene rings is 1. The van der Waals surface area contributed by atoms with E-state index in [1.165, 1.54) is 11.3 Å². The van der Waals surface area contributed by atoms with Crippen LogP contribution in [0, 0.1) is 5.92 Å². The van der Waals surface area contributed by atoms with Gasteiger partial charge in [0, 0.05) is 13.0 Å². The zero-order valence-corrected chi connectivity index (χ0v) is 11.4. The molecule has 2 aromatic rings. The number of nitrogens with zero attached hydrogens (tertiary/aromatic N) is 2. The molecule has 18 heavy (non-hydrogen) atoms. The van der Waals surface area contributed by atoms with Gasteiger partial charge >= 0.3 is 0 Å². The van der Waals surface area contributed by atoms with Crippen molar-refractivity contribution in [3.05, 3.63) is 30.1 Å². The number of rotatable bonds is 6. The van der Waals surface area contributed by atoms with Crippen LogP contribution in [0.2, 0.25) is 0 Å². The van der Waals surface area contributed by atoms with E-state index in [1.807, 2.05) is 0 Å². The van der Waals surface area contributed by atoms with Gasteiger partial charge in [0.1, 0.15) is 5.82 Å². The third-order valence-corrected chi connectivity index (χ3v) is 3.44. The normalized spacial score (nSPS) is 13.1. The number of imidazole rings is 1. The topological polar surface area (TPSA) is 43.8 Å². The summed E-state index contributed by atoms with van der Waals surface area (Å²) in [5.41, 5.74) is 8.05. The Balaban J connectivity index is 2.27. The lowest BCUT2D eigenvalue weighted by Crippen LogP contribution is -2.13. The fraction of sp³-hybridized carbons (Fsp3) is 0.533. The summed E-state index contributed by atoms with van der Waals surface area (Å²) in [7, 11) is 0. The van der Waals surface area contributed by atoms with Gasteiger partial charge in [-0.1, -0.05) is 26.0 Å². The average Bonchev–Trinajstić information content (AvgIpc) is 2.75. The number of nitrogens with two attached hydrogens (primary N) is 1. The van der Waals surface area contributed by atoms with Gasteiger partial charge in [0.25, 0.3) is 0 Å². The molecule has 0 amide bonds. The van der Waals surface area contributed by atoms with Crippen molar-refractivity contribution >= 4 is 11.0 Å². The number of aromatic nitrogens is 2. The summed E-state index contributed by atoms with van der Waals surface area (Å²) in [4.78, 5) is 4.76. The van der Waals surface area contributed by atoms with E-state index in [9.17, 15) is 0 Å². The quantitative estimate of drug-likeness (QED) is 0.850. The summed E-state index contributed by atoms with van der Waals surface area (Å²) in [5.74, 6) is 1.78. The molecule has 0 aliphatic carbocycles. The first-order chi connectivity index (χ1) is 8.76. The number of para-hydroxylation sites is 2. The van der Waals surface area contributed by atoms with Crippen LogP contribution in [0.1, 0.15) is 32.5 Å². The van der Waals surface area contributed by atoms with Gasteiger partial charge in [0.15, 0.2) is 0 Å². The SMILES string of the molecule is CCCn1c(CCC(C)CN)nc2ccccc21. The van der Waals surface area contributed by atoms with E-state index in [2.05, 4.69) is 42.7 Å². The highest BCUT2D eigenvalue weighted by Gasteiger charge is 2.10. The van der Waals surface area contributed by atoms with Crippen molar-refractivity contribution in [3.63, 3.8) is 0 Å². The molecule has 98 valence electrons. The van der Waals surface area contributed by atoms with E-state index in [-0.39, 0.29) is 0 Å². The zero-order valence-electron chi connectivity index (χ0n) is 11.4. The molecule has 0 aliphatic heterocycles. The first-order valence-electron chi connectivity index (χ1n) is 6.90. The molecule has 1 heterocycles. The molecule has 0 radical (unpaired) electrons. The van der Waals surface area contributed by atoms with Gasteiger partial charge in [-0.05, 0) is 37.4 Å². The number of hydrogen-bond acceptors (Lipinski definition) is 2. The molecule has 0 fully saturated rings. The van der Waals surface area contributed by atoms with Crippen molar-refractivity contribution < 1.29 is 0 Å². The largest absolute Gasteiger partial charge is 0.330 e. The monoisotopic (exact) mass is 245 g/mol. The first kappa shape index (κ1) is 13.1. The lowest BCUT2D eigenvalue weighted by Gasteiger charge is -2.10. The van der Waals surface area contributed by atoms with E-state index in [1.54, 1.807) is 0 Å². The van der Waals surface area contributed by atoms with Gasteiger partial charge in [0.2, 0.25) is 0 Å². The lowest BCUT2D eigenvalue weighted by atomic mass is 10.1. The molecule has 1 aromatic carbocycles. The standard InChI is InChI=1S/C15H23N3/c1-3-10-18-14-7-5-4-6-13(14)17-15(18)9-8-12(2)11-16/h4-7,12H,3,8-11,16H2,1-2H3. The van der Waals surface area contributed by atoms with E-state index in [4.69, 9.17) is 10.7 Å². The van der Waals surface area contributed by atoms with Crippen LogP contribution < -0.4 is 5.73 Å². The van der Waals surface area contributed by atoms with Gasteiger partial charge in [-0.25, -0.2) is 4.98 Å². The van der Waals surface area contributed by atoms with Crippen LogP contribution in [0.3, 0.4) is 0 Å². The fourth-order valence-electron chi connectivity index (χ4n) is 2.28. The van der Waals surface area contributed by atoms with Crippen LogP contribution in [-0.2, 0) is 13.0 Å². The molecule has 3 heteroatoms. The maximum absolute atomic E-state index is 5.68. The summed E-state index contributed by atoms with van der Waals surface area (Å²) in [6, 6.07) is 8.39. The third-order valence-electron chi connectivity index (χ3n) is 3.44.